The molecular weight excluding hydrogens is 360 g/mol. The standard InChI is InChI=1S/C19H22N6O3/c1-11(2)22-19(26)25-9-15-14(20-10-21-15)8-16(25)18-23-17(24-28-18)12-4-6-13(27-3)7-5-12/h4-7,10-11,16H,8-9H2,1-3H3,(H,20,21)(H,22,26). The number of aromatic nitrogens is 4. The summed E-state index contributed by atoms with van der Waals surface area (Å²) in [6.07, 6.45) is 2.15. The molecule has 1 aliphatic rings. The van der Waals surface area contributed by atoms with E-state index in [0.717, 1.165) is 22.7 Å². The van der Waals surface area contributed by atoms with Gasteiger partial charge in [-0.05, 0) is 38.1 Å². The summed E-state index contributed by atoms with van der Waals surface area (Å²) in [4.78, 5) is 26.5. The van der Waals surface area contributed by atoms with Crippen LogP contribution in [0.5, 0.6) is 5.75 Å². The minimum Gasteiger partial charge on any atom is -0.497 e. The first-order valence-electron chi connectivity index (χ1n) is 9.11. The molecule has 2 amide bonds. The zero-order chi connectivity index (χ0) is 19.7. The first-order valence-corrected chi connectivity index (χ1v) is 9.11. The van der Waals surface area contributed by atoms with Gasteiger partial charge in [-0.25, -0.2) is 9.78 Å². The molecule has 1 aliphatic heterocycles. The number of benzene rings is 1. The Kier molecular flexibility index (Phi) is 4.72. The van der Waals surface area contributed by atoms with Crippen molar-refractivity contribution in [2.75, 3.05) is 7.11 Å². The number of amides is 2. The number of H-pyrrole nitrogens is 1. The van der Waals surface area contributed by atoms with Gasteiger partial charge < -0.3 is 24.5 Å². The summed E-state index contributed by atoms with van der Waals surface area (Å²) in [7, 11) is 1.62. The highest BCUT2D eigenvalue weighted by Crippen LogP contribution is 2.32. The molecule has 2 aromatic heterocycles. The molecule has 2 N–H and O–H groups in total. The Labute approximate surface area is 162 Å². The Bertz CT molecular complexity index is 962. The third-order valence-electron chi connectivity index (χ3n) is 4.65. The SMILES string of the molecule is COc1ccc(-c2noc(C3Cc4nc[nH]c4CN3C(=O)NC(C)C)n2)cc1. The molecule has 0 aliphatic carbocycles. The van der Waals surface area contributed by atoms with E-state index in [-0.39, 0.29) is 18.1 Å². The third-order valence-corrected chi connectivity index (χ3v) is 4.65. The van der Waals surface area contributed by atoms with Gasteiger partial charge in [0, 0.05) is 18.0 Å². The van der Waals surface area contributed by atoms with E-state index in [9.17, 15) is 4.79 Å². The van der Waals surface area contributed by atoms with Crippen LogP contribution < -0.4 is 10.1 Å². The van der Waals surface area contributed by atoms with Crippen LogP contribution in [0.25, 0.3) is 11.4 Å². The number of hydrogen-bond donors (Lipinski definition) is 2. The largest absolute Gasteiger partial charge is 0.497 e. The number of ether oxygens (including phenoxy) is 1. The highest BCUT2D eigenvalue weighted by molar-refractivity contribution is 5.75. The van der Waals surface area contributed by atoms with E-state index in [1.807, 2.05) is 38.1 Å². The summed E-state index contributed by atoms with van der Waals surface area (Å²) >= 11 is 0. The molecule has 3 heterocycles. The monoisotopic (exact) mass is 382 g/mol. The molecule has 3 aromatic rings. The molecule has 9 heteroatoms. The van der Waals surface area contributed by atoms with Crippen molar-refractivity contribution in [2.45, 2.75) is 38.9 Å². The van der Waals surface area contributed by atoms with Gasteiger partial charge in [0.25, 0.3) is 0 Å². The fraction of sp³-hybridized carbons (Fsp3) is 0.368. The van der Waals surface area contributed by atoms with Crippen LogP contribution in [0.4, 0.5) is 4.79 Å². The summed E-state index contributed by atoms with van der Waals surface area (Å²) in [5.41, 5.74) is 2.64. The lowest BCUT2D eigenvalue weighted by Crippen LogP contribution is -2.46. The van der Waals surface area contributed by atoms with Gasteiger partial charge in [-0.15, -0.1) is 0 Å². The van der Waals surface area contributed by atoms with Crippen LogP contribution in [0.2, 0.25) is 0 Å². The zero-order valence-corrected chi connectivity index (χ0v) is 16.0. The van der Waals surface area contributed by atoms with Crippen molar-refractivity contribution in [3.05, 3.63) is 47.9 Å². The molecule has 0 saturated heterocycles. The quantitative estimate of drug-likeness (QED) is 0.718. The number of rotatable bonds is 4. The predicted octanol–water partition coefficient (Wildman–Crippen LogP) is 2.69. The van der Waals surface area contributed by atoms with Gasteiger partial charge in [-0.2, -0.15) is 4.98 Å². The predicted molar refractivity (Wildman–Crippen MR) is 101 cm³/mol. The number of imidazole rings is 1. The average molecular weight is 382 g/mol. The number of carbonyl (C=O) groups is 1. The van der Waals surface area contributed by atoms with E-state index in [1.54, 1.807) is 18.3 Å². The summed E-state index contributed by atoms with van der Waals surface area (Å²) < 4.78 is 10.7. The zero-order valence-electron chi connectivity index (χ0n) is 16.0. The van der Waals surface area contributed by atoms with Gasteiger partial charge in [-0.3, -0.25) is 0 Å². The summed E-state index contributed by atoms with van der Waals surface area (Å²) in [5.74, 6) is 1.61. The number of carbonyl (C=O) groups excluding carboxylic acids is 1. The average Bonchev–Trinajstić information content (AvgIpc) is 3.35. The Hall–Kier alpha value is -3.36. The molecule has 1 aromatic carbocycles. The van der Waals surface area contributed by atoms with Crippen LogP contribution in [0.1, 0.15) is 37.2 Å². The van der Waals surface area contributed by atoms with Crippen molar-refractivity contribution in [1.29, 1.82) is 0 Å². The Morgan fingerprint density at radius 3 is 2.86 bits per heavy atom. The van der Waals surface area contributed by atoms with Crippen molar-refractivity contribution in [3.8, 4) is 17.1 Å². The fourth-order valence-electron chi connectivity index (χ4n) is 3.23. The maximum Gasteiger partial charge on any atom is 0.318 e. The maximum absolute atomic E-state index is 12.7. The number of methoxy groups -OCH3 is 1. The summed E-state index contributed by atoms with van der Waals surface area (Å²) in [5, 5.41) is 7.04. The number of aromatic amines is 1. The molecule has 28 heavy (non-hydrogen) atoms. The van der Waals surface area contributed by atoms with Crippen molar-refractivity contribution in [1.82, 2.24) is 30.3 Å². The van der Waals surface area contributed by atoms with E-state index in [0.29, 0.717) is 24.7 Å². The van der Waals surface area contributed by atoms with Crippen molar-refractivity contribution < 1.29 is 14.1 Å². The van der Waals surface area contributed by atoms with Crippen molar-refractivity contribution >= 4 is 6.03 Å². The number of nitrogens with one attached hydrogen (secondary N) is 2. The fourth-order valence-corrected chi connectivity index (χ4v) is 3.23. The van der Waals surface area contributed by atoms with Gasteiger partial charge in [0.2, 0.25) is 11.7 Å². The van der Waals surface area contributed by atoms with E-state index in [1.165, 1.54) is 0 Å². The van der Waals surface area contributed by atoms with E-state index in [2.05, 4.69) is 25.4 Å². The highest BCUT2D eigenvalue weighted by Gasteiger charge is 2.36. The van der Waals surface area contributed by atoms with E-state index >= 15 is 0 Å². The molecule has 0 radical (unpaired) electrons. The molecule has 1 unspecified atom stereocenters. The van der Waals surface area contributed by atoms with Crippen molar-refractivity contribution in [3.63, 3.8) is 0 Å². The van der Waals surface area contributed by atoms with Crippen LogP contribution in [0.15, 0.2) is 35.1 Å². The number of nitrogens with zero attached hydrogens (tertiary/aromatic N) is 4. The molecule has 0 bridgehead atoms. The lowest BCUT2D eigenvalue weighted by molar-refractivity contribution is 0.142. The first-order chi connectivity index (χ1) is 13.5. The normalized spacial score (nSPS) is 16.1. The maximum atomic E-state index is 12.7. The minimum atomic E-state index is -0.381. The molecule has 4 rings (SSSR count). The van der Waals surface area contributed by atoms with Crippen LogP contribution in [0, 0.1) is 0 Å². The molecule has 146 valence electrons. The second kappa shape index (κ2) is 7.34. The molecule has 0 saturated carbocycles. The van der Waals surface area contributed by atoms with Crippen LogP contribution >= 0.6 is 0 Å². The van der Waals surface area contributed by atoms with Gasteiger partial charge in [-0.1, -0.05) is 5.16 Å². The molecule has 9 nitrogen and oxygen atoms in total. The van der Waals surface area contributed by atoms with Gasteiger partial charge in [0.05, 0.1) is 31.4 Å². The molecule has 0 fully saturated rings. The second-order valence-electron chi connectivity index (χ2n) is 6.96. The summed E-state index contributed by atoms with van der Waals surface area (Å²) in [6, 6.07) is 6.87. The first kappa shape index (κ1) is 18.0. The Morgan fingerprint density at radius 2 is 2.14 bits per heavy atom. The minimum absolute atomic E-state index is 0.0221. The molecule has 0 spiro atoms. The van der Waals surface area contributed by atoms with Gasteiger partial charge >= 0.3 is 6.03 Å². The topological polar surface area (TPSA) is 109 Å². The van der Waals surface area contributed by atoms with E-state index < -0.39 is 0 Å². The van der Waals surface area contributed by atoms with Gasteiger partial charge in [0.1, 0.15) is 11.8 Å². The van der Waals surface area contributed by atoms with Crippen LogP contribution in [-0.4, -0.2) is 44.2 Å². The lowest BCUT2D eigenvalue weighted by Gasteiger charge is -2.33. The Balaban J connectivity index is 1.63. The lowest BCUT2D eigenvalue weighted by atomic mass is 10.0. The number of fused-ring (bicyclic) bond motifs is 1. The smallest absolute Gasteiger partial charge is 0.318 e. The van der Waals surface area contributed by atoms with Crippen LogP contribution in [0.3, 0.4) is 0 Å². The third kappa shape index (κ3) is 3.42. The van der Waals surface area contributed by atoms with Crippen molar-refractivity contribution in [2.24, 2.45) is 0 Å². The van der Waals surface area contributed by atoms with Gasteiger partial charge in [0.15, 0.2) is 0 Å². The second-order valence-corrected chi connectivity index (χ2v) is 6.96. The number of hydrogen-bond acceptors (Lipinski definition) is 6. The molecule has 1 atom stereocenters. The molecular formula is C19H22N6O3. The highest BCUT2D eigenvalue weighted by atomic mass is 16.5. The van der Waals surface area contributed by atoms with Crippen LogP contribution in [-0.2, 0) is 13.0 Å². The van der Waals surface area contributed by atoms with E-state index in [4.69, 9.17) is 9.26 Å². The Morgan fingerprint density at radius 1 is 1.36 bits per heavy atom. The summed E-state index contributed by atoms with van der Waals surface area (Å²) in [6.45, 7) is 4.25. The number of urea groups is 1.